The number of hydrogen-bond donors (Lipinski definition) is 1. The summed E-state index contributed by atoms with van der Waals surface area (Å²) in [6.45, 7) is 8.06. The second-order valence-corrected chi connectivity index (χ2v) is 7.12. The Morgan fingerprint density at radius 1 is 0.810 bits per heavy atom. The Hall–Kier alpha value is -0.350. The van der Waals surface area contributed by atoms with Gasteiger partial charge in [0.25, 0.3) is 10.1 Å². The van der Waals surface area contributed by atoms with Crippen molar-refractivity contribution in [2.24, 2.45) is 0 Å². The van der Waals surface area contributed by atoms with Gasteiger partial charge in [0.05, 0.1) is 5.75 Å². The molecule has 0 rings (SSSR count). The molecule has 0 aliphatic carbocycles. The third-order valence-corrected chi connectivity index (χ3v) is 4.07. The zero-order valence-electron chi connectivity index (χ0n) is 14.1. The van der Waals surface area contributed by atoms with Crippen LogP contribution in [0.1, 0.15) is 90.9 Å². The molecule has 0 saturated carbocycles. The van der Waals surface area contributed by atoms with Crippen molar-refractivity contribution in [1.82, 2.24) is 0 Å². The Kier molecular flexibility index (Phi) is 19.3. The van der Waals surface area contributed by atoms with Crippen LogP contribution in [0.3, 0.4) is 0 Å². The van der Waals surface area contributed by atoms with Crippen LogP contribution in [0.5, 0.6) is 0 Å². The lowest BCUT2D eigenvalue weighted by Crippen LogP contribution is -2.03. The molecule has 0 aromatic heterocycles. The minimum atomic E-state index is -3.72. The lowest BCUT2D eigenvalue weighted by molar-refractivity contribution is 0.478. The highest BCUT2D eigenvalue weighted by atomic mass is 32.2. The molecule has 0 radical (unpaired) electrons. The van der Waals surface area contributed by atoms with E-state index < -0.39 is 10.1 Å². The summed E-state index contributed by atoms with van der Waals surface area (Å²) in [5.74, 6) is -0.0842. The summed E-state index contributed by atoms with van der Waals surface area (Å²) in [7, 11) is -3.72. The molecular formula is C17H36O3S. The van der Waals surface area contributed by atoms with Crippen LogP contribution in [0.4, 0.5) is 0 Å². The smallest absolute Gasteiger partial charge is 0.264 e. The Morgan fingerprint density at radius 2 is 1.24 bits per heavy atom. The maximum Gasteiger partial charge on any atom is 0.264 e. The van der Waals surface area contributed by atoms with Crippen LogP contribution in [-0.2, 0) is 10.1 Å². The van der Waals surface area contributed by atoms with Gasteiger partial charge in [0, 0.05) is 0 Å². The third kappa shape index (κ3) is 28.5. The van der Waals surface area contributed by atoms with Crippen molar-refractivity contribution in [2.45, 2.75) is 90.9 Å². The van der Waals surface area contributed by atoms with Crippen molar-refractivity contribution in [3.05, 3.63) is 12.7 Å². The van der Waals surface area contributed by atoms with Crippen molar-refractivity contribution >= 4 is 10.1 Å². The van der Waals surface area contributed by atoms with E-state index in [0.29, 0.717) is 6.42 Å². The molecule has 0 bridgehead atoms. The molecule has 0 unspecified atom stereocenters. The van der Waals surface area contributed by atoms with Crippen molar-refractivity contribution in [3.63, 3.8) is 0 Å². The molecule has 4 heteroatoms. The van der Waals surface area contributed by atoms with Gasteiger partial charge in [-0.05, 0) is 19.3 Å². The summed E-state index contributed by atoms with van der Waals surface area (Å²) < 4.78 is 28.9. The summed E-state index contributed by atoms with van der Waals surface area (Å²) in [6.07, 6.45) is 16.2. The molecule has 0 aliphatic rings. The molecule has 0 aromatic rings. The zero-order chi connectivity index (χ0) is 16.4. The predicted octanol–water partition coefficient (Wildman–Crippen LogP) is 5.77. The van der Waals surface area contributed by atoms with E-state index >= 15 is 0 Å². The van der Waals surface area contributed by atoms with E-state index in [1.54, 1.807) is 0 Å². The summed E-state index contributed by atoms with van der Waals surface area (Å²) in [6, 6.07) is 0. The fourth-order valence-corrected chi connectivity index (χ4v) is 2.53. The largest absolute Gasteiger partial charge is 0.286 e. The summed E-state index contributed by atoms with van der Waals surface area (Å²) >= 11 is 0. The van der Waals surface area contributed by atoms with E-state index in [4.69, 9.17) is 4.55 Å². The topological polar surface area (TPSA) is 54.4 Å². The van der Waals surface area contributed by atoms with Gasteiger partial charge in [0.15, 0.2) is 0 Å². The molecule has 0 amide bonds. The van der Waals surface area contributed by atoms with Gasteiger partial charge in [-0.15, -0.1) is 6.58 Å². The van der Waals surface area contributed by atoms with Gasteiger partial charge in [0.1, 0.15) is 0 Å². The van der Waals surface area contributed by atoms with Crippen LogP contribution >= 0.6 is 0 Å². The second-order valence-electron chi connectivity index (χ2n) is 5.55. The first kappa shape index (κ1) is 22.9. The molecular weight excluding hydrogens is 284 g/mol. The normalized spacial score (nSPS) is 10.8. The highest BCUT2D eigenvalue weighted by Gasteiger charge is 2.02. The van der Waals surface area contributed by atoms with E-state index in [1.165, 1.54) is 57.8 Å². The monoisotopic (exact) mass is 320 g/mol. The fourth-order valence-electron chi connectivity index (χ4n) is 1.96. The molecule has 0 saturated heterocycles. The van der Waals surface area contributed by atoms with Crippen LogP contribution in [0.15, 0.2) is 12.7 Å². The van der Waals surface area contributed by atoms with Gasteiger partial charge < -0.3 is 0 Å². The van der Waals surface area contributed by atoms with E-state index in [2.05, 4.69) is 20.4 Å². The van der Waals surface area contributed by atoms with Gasteiger partial charge >= 0.3 is 0 Å². The minimum absolute atomic E-state index is 0.0842. The number of allylic oxidation sites excluding steroid dienone is 1. The van der Waals surface area contributed by atoms with Crippen LogP contribution in [0.2, 0.25) is 0 Å². The van der Waals surface area contributed by atoms with E-state index in [1.807, 2.05) is 6.08 Å². The Morgan fingerprint density at radius 3 is 1.67 bits per heavy atom. The minimum Gasteiger partial charge on any atom is -0.286 e. The standard InChI is InChI=1S/C9H18.C8H18O3S/c1-3-5-7-9-8-6-4-2;1-2-3-4-5-6-7-8-12(9,10)11/h3H,1,4-9H2,2H3;2-8H2,1H3,(H,9,10,11). The first-order valence-electron chi connectivity index (χ1n) is 8.54. The first-order chi connectivity index (χ1) is 9.97. The highest BCUT2D eigenvalue weighted by Crippen LogP contribution is 2.05. The highest BCUT2D eigenvalue weighted by molar-refractivity contribution is 7.85. The van der Waals surface area contributed by atoms with Crippen LogP contribution < -0.4 is 0 Å². The molecule has 0 spiro atoms. The molecule has 21 heavy (non-hydrogen) atoms. The molecule has 0 aromatic carbocycles. The Bertz CT molecular complexity index is 297. The molecule has 0 heterocycles. The number of rotatable bonds is 13. The van der Waals surface area contributed by atoms with Crippen LogP contribution in [0.25, 0.3) is 0 Å². The number of unbranched alkanes of at least 4 members (excludes halogenated alkanes) is 10. The Labute approximate surface area is 133 Å². The van der Waals surface area contributed by atoms with Crippen molar-refractivity contribution < 1.29 is 13.0 Å². The quantitative estimate of drug-likeness (QED) is 0.266. The predicted molar refractivity (Wildman–Crippen MR) is 93.4 cm³/mol. The number of hydrogen-bond acceptors (Lipinski definition) is 2. The molecule has 128 valence electrons. The van der Waals surface area contributed by atoms with Crippen molar-refractivity contribution in [1.29, 1.82) is 0 Å². The van der Waals surface area contributed by atoms with E-state index in [-0.39, 0.29) is 5.75 Å². The van der Waals surface area contributed by atoms with Gasteiger partial charge in [-0.1, -0.05) is 77.7 Å². The third-order valence-electron chi connectivity index (χ3n) is 3.27. The van der Waals surface area contributed by atoms with Gasteiger partial charge in [0.2, 0.25) is 0 Å². The zero-order valence-corrected chi connectivity index (χ0v) is 15.0. The van der Waals surface area contributed by atoms with Gasteiger partial charge in [-0.3, -0.25) is 4.55 Å². The average Bonchev–Trinajstić information content (AvgIpc) is 2.42. The molecule has 0 fully saturated rings. The van der Waals surface area contributed by atoms with E-state index in [9.17, 15) is 8.42 Å². The maximum atomic E-state index is 10.3. The van der Waals surface area contributed by atoms with E-state index in [0.717, 1.165) is 12.8 Å². The fraction of sp³-hybridized carbons (Fsp3) is 0.882. The lowest BCUT2D eigenvalue weighted by Gasteiger charge is -1.98. The first-order valence-corrected chi connectivity index (χ1v) is 10.1. The summed E-state index contributed by atoms with van der Waals surface area (Å²) in [4.78, 5) is 0. The SMILES string of the molecule is C=CCCCCCCC.CCCCCCCCS(=O)(=O)O. The molecule has 1 N–H and O–H groups in total. The molecule has 0 aliphatic heterocycles. The lowest BCUT2D eigenvalue weighted by atomic mass is 10.1. The molecule has 3 nitrogen and oxygen atoms in total. The average molecular weight is 321 g/mol. The maximum absolute atomic E-state index is 10.3. The van der Waals surface area contributed by atoms with Crippen LogP contribution in [0, 0.1) is 0 Å². The van der Waals surface area contributed by atoms with Gasteiger partial charge in [-0.2, -0.15) is 8.42 Å². The summed E-state index contributed by atoms with van der Waals surface area (Å²) in [5.41, 5.74) is 0. The second kappa shape index (κ2) is 17.7. The van der Waals surface area contributed by atoms with Crippen molar-refractivity contribution in [3.8, 4) is 0 Å². The Balaban J connectivity index is 0. The van der Waals surface area contributed by atoms with Gasteiger partial charge in [-0.25, -0.2) is 0 Å². The summed E-state index contributed by atoms with van der Waals surface area (Å²) in [5, 5.41) is 0. The molecule has 0 atom stereocenters. The van der Waals surface area contributed by atoms with Crippen LogP contribution in [-0.4, -0.2) is 18.7 Å². The van der Waals surface area contributed by atoms with Crippen molar-refractivity contribution in [2.75, 3.05) is 5.75 Å².